The predicted octanol–water partition coefficient (Wildman–Crippen LogP) is 0.136. The number of rotatable bonds is 6. The molecule has 0 radical (unpaired) electrons. The third-order valence-electron chi connectivity index (χ3n) is 2.43. The van der Waals surface area contributed by atoms with Crippen molar-refractivity contribution in [3.05, 3.63) is 29.8 Å². The fourth-order valence-corrected chi connectivity index (χ4v) is 1.50. The van der Waals surface area contributed by atoms with Crippen molar-refractivity contribution in [2.45, 2.75) is 6.42 Å². The lowest BCUT2D eigenvalue weighted by atomic mass is 10.1. The van der Waals surface area contributed by atoms with Gasteiger partial charge in [0.2, 0.25) is 11.8 Å². The Labute approximate surface area is 112 Å². The summed E-state index contributed by atoms with van der Waals surface area (Å²) in [7, 11) is 1.58. The molecule has 0 heterocycles. The molecule has 1 aromatic carbocycles. The molecule has 2 amide bonds. The third-order valence-corrected chi connectivity index (χ3v) is 2.43. The quantitative estimate of drug-likeness (QED) is 0.502. The first kappa shape index (κ1) is 14.7. The van der Waals surface area contributed by atoms with Crippen molar-refractivity contribution >= 4 is 17.5 Å². The number of benzene rings is 1. The van der Waals surface area contributed by atoms with Crippen molar-refractivity contribution in [3.63, 3.8) is 0 Å². The number of hydrogen-bond acceptors (Lipinski definition) is 3. The Bertz CT molecular complexity index is 492. The number of para-hydroxylation sites is 1. The zero-order valence-electron chi connectivity index (χ0n) is 10.8. The first-order chi connectivity index (χ1) is 9.17. The van der Waals surface area contributed by atoms with Crippen molar-refractivity contribution in [3.8, 4) is 12.3 Å². The topological polar surface area (TPSA) is 70.2 Å². The van der Waals surface area contributed by atoms with Crippen LogP contribution in [0.2, 0.25) is 0 Å². The lowest BCUT2D eigenvalue weighted by molar-refractivity contribution is -0.120. The minimum absolute atomic E-state index is 0.104. The van der Waals surface area contributed by atoms with Gasteiger partial charge in [0.05, 0.1) is 19.5 Å². The average molecular weight is 259 g/mol. The third kappa shape index (κ3) is 5.23. The van der Waals surface area contributed by atoms with Crippen LogP contribution in [0.25, 0.3) is 0 Å². The summed E-state index contributed by atoms with van der Waals surface area (Å²) in [6.07, 6.45) is 5.30. The van der Waals surface area contributed by atoms with Crippen molar-refractivity contribution < 1.29 is 9.59 Å². The van der Waals surface area contributed by atoms with Crippen LogP contribution in [0.1, 0.15) is 5.56 Å². The van der Waals surface area contributed by atoms with E-state index in [2.05, 4.69) is 21.9 Å². The first-order valence-electron chi connectivity index (χ1n) is 5.90. The largest absolute Gasteiger partial charge is 0.359 e. The summed E-state index contributed by atoms with van der Waals surface area (Å²) in [6.45, 7) is 0.478. The molecule has 0 saturated carbocycles. The normalized spacial score (nSPS) is 9.47. The molecule has 0 aliphatic rings. The standard InChI is InChI=1S/C14H17N3O2/c1-3-8-16-10-14(19)17-12-7-5-4-6-11(12)9-13(18)15-2/h1,4-7,16H,8-10H2,2H3,(H,15,18)(H,17,19). The van der Waals surface area contributed by atoms with Gasteiger partial charge in [-0.1, -0.05) is 24.1 Å². The lowest BCUT2D eigenvalue weighted by Crippen LogP contribution is -2.29. The summed E-state index contributed by atoms with van der Waals surface area (Å²) in [5.74, 6) is 2.09. The van der Waals surface area contributed by atoms with Gasteiger partial charge in [-0.3, -0.25) is 14.9 Å². The molecule has 19 heavy (non-hydrogen) atoms. The van der Waals surface area contributed by atoms with Crippen LogP contribution in [0.3, 0.4) is 0 Å². The fraction of sp³-hybridized carbons (Fsp3) is 0.286. The molecule has 100 valence electrons. The van der Waals surface area contributed by atoms with Crippen LogP contribution in [0.15, 0.2) is 24.3 Å². The van der Waals surface area contributed by atoms with Gasteiger partial charge in [-0.25, -0.2) is 0 Å². The maximum absolute atomic E-state index is 11.7. The zero-order valence-corrected chi connectivity index (χ0v) is 10.8. The number of carbonyl (C=O) groups is 2. The van der Waals surface area contributed by atoms with Crippen molar-refractivity contribution in [1.82, 2.24) is 10.6 Å². The molecule has 0 unspecified atom stereocenters. The van der Waals surface area contributed by atoms with E-state index in [4.69, 9.17) is 6.42 Å². The average Bonchev–Trinajstić information content (AvgIpc) is 2.41. The van der Waals surface area contributed by atoms with E-state index < -0.39 is 0 Å². The molecule has 1 aromatic rings. The molecule has 5 nitrogen and oxygen atoms in total. The van der Waals surface area contributed by atoms with E-state index in [-0.39, 0.29) is 24.8 Å². The van der Waals surface area contributed by atoms with E-state index in [0.717, 1.165) is 5.56 Å². The lowest BCUT2D eigenvalue weighted by Gasteiger charge is -2.10. The van der Waals surface area contributed by atoms with E-state index >= 15 is 0 Å². The zero-order chi connectivity index (χ0) is 14.1. The number of carbonyl (C=O) groups excluding carboxylic acids is 2. The Balaban J connectivity index is 2.64. The van der Waals surface area contributed by atoms with E-state index in [9.17, 15) is 9.59 Å². The van der Waals surface area contributed by atoms with E-state index in [0.29, 0.717) is 12.2 Å². The second kappa shape index (κ2) is 7.90. The van der Waals surface area contributed by atoms with Gasteiger partial charge in [0.25, 0.3) is 0 Å². The summed E-state index contributed by atoms with van der Waals surface area (Å²) >= 11 is 0. The molecule has 0 aliphatic heterocycles. The Morgan fingerprint density at radius 1 is 1.26 bits per heavy atom. The van der Waals surface area contributed by atoms with Gasteiger partial charge in [0.1, 0.15) is 0 Å². The van der Waals surface area contributed by atoms with Crippen LogP contribution in [0.4, 0.5) is 5.69 Å². The summed E-state index contributed by atoms with van der Waals surface area (Å²) in [5.41, 5.74) is 1.41. The highest BCUT2D eigenvalue weighted by Crippen LogP contribution is 2.15. The molecule has 0 aliphatic carbocycles. The van der Waals surface area contributed by atoms with Crippen LogP contribution >= 0.6 is 0 Å². The predicted molar refractivity (Wildman–Crippen MR) is 74.5 cm³/mol. The molecule has 0 spiro atoms. The number of nitrogens with one attached hydrogen (secondary N) is 3. The highest BCUT2D eigenvalue weighted by molar-refractivity contribution is 5.94. The minimum Gasteiger partial charge on any atom is -0.359 e. The van der Waals surface area contributed by atoms with E-state index in [1.54, 1.807) is 25.2 Å². The smallest absolute Gasteiger partial charge is 0.238 e. The van der Waals surface area contributed by atoms with Crippen LogP contribution in [-0.4, -0.2) is 32.0 Å². The summed E-state index contributed by atoms with van der Waals surface area (Å²) in [4.78, 5) is 23.0. The van der Waals surface area contributed by atoms with E-state index in [1.807, 2.05) is 6.07 Å². The van der Waals surface area contributed by atoms with Gasteiger partial charge in [0.15, 0.2) is 0 Å². The molecule has 0 bridgehead atoms. The second-order valence-corrected chi connectivity index (χ2v) is 3.86. The van der Waals surface area contributed by atoms with Crippen molar-refractivity contribution in [2.75, 3.05) is 25.5 Å². The van der Waals surface area contributed by atoms with Crippen molar-refractivity contribution in [2.24, 2.45) is 0 Å². The van der Waals surface area contributed by atoms with Gasteiger partial charge in [-0.2, -0.15) is 0 Å². The van der Waals surface area contributed by atoms with Gasteiger partial charge in [-0.05, 0) is 11.6 Å². The van der Waals surface area contributed by atoms with Crippen molar-refractivity contribution in [1.29, 1.82) is 0 Å². The van der Waals surface area contributed by atoms with Gasteiger partial charge < -0.3 is 10.6 Å². The highest BCUT2D eigenvalue weighted by Gasteiger charge is 2.08. The number of amides is 2. The Hall–Kier alpha value is -2.32. The first-order valence-corrected chi connectivity index (χ1v) is 5.90. The Kier molecular flexibility index (Phi) is 6.13. The molecule has 0 saturated heterocycles. The maximum atomic E-state index is 11.7. The van der Waals surface area contributed by atoms with Crippen LogP contribution < -0.4 is 16.0 Å². The Morgan fingerprint density at radius 2 is 2.00 bits per heavy atom. The summed E-state index contributed by atoms with van der Waals surface area (Å²) in [5, 5.41) is 8.10. The maximum Gasteiger partial charge on any atom is 0.238 e. The number of anilines is 1. The molecule has 0 aromatic heterocycles. The molecule has 1 rings (SSSR count). The minimum atomic E-state index is -0.195. The monoisotopic (exact) mass is 259 g/mol. The fourth-order valence-electron chi connectivity index (χ4n) is 1.50. The molecule has 3 N–H and O–H groups in total. The number of likely N-dealkylation sites (N-methyl/N-ethyl adjacent to an activating group) is 1. The van der Waals surface area contributed by atoms with Crippen LogP contribution in [-0.2, 0) is 16.0 Å². The summed E-state index contributed by atoms with van der Waals surface area (Å²) in [6, 6.07) is 7.19. The molecular weight excluding hydrogens is 242 g/mol. The molecule has 0 fully saturated rings. The second-order valence-electron chi connectivity index (χ2n) is 3.86. The number of hydrogen-bond donors (Lipinski definition) is 3. The summed E-state index contributed by atoms with van der Waals surface area (Å²) < 4.78 is 0. The number of terminal acetylenes is 1. The van der Waals surface area contributed by atoms with E-state index in [1.165, 1.54) is 0 Å². The Morgan fingerprint density at radius 3 is 2.68 bits per heavy atom. The van der Waals surface area contributed by atoms with Gasteiger partial charge in [0, 0.05) is 12.7 Å². The van der Waals surface area contributed by atoms with Crippen LogP contribution in [0.5, 0.6) is 0 Å². The van der Waals surface area contributed by atoms with Gasteiger partial charge >= 0.3 is 0 Å². The molecule has 5 heteroatoms. The molecular formula is C14H17N3O2. The SMILES string of the molecule is C#CCNCC(=O)Nc1ccccc1CC(=O)NC. The molecule has 0 atom stereocenters. The highest BCUT2D eigenvalue weighted by atomic mass is 16.2. The van der Waals surface area contributed by atoms with Gasteiger partial charge in [-0.15, -0.1) is 6.42 Å². The van der Waals surface area contributed by atoms with Crippen LogP contribution in [0, 0.1) is 12.3 Å².